The highest BCUT2D eigenvalue weighted by atomic mass is 35.5. The summed E-state index contributed by atoms with van der Waals surface area (Å²) in [5.74, 6) is -0.722. The van der Waals surface area contributed by atoms with Crippen molar-refractivity contribution in [3.63, 3.8) is 0 Å². The number of aromatic hydroxyl groups is 1. The second-order valence-electron chi connectivity index (χ2n) is 5.90. The fourth-order valence-electron chi connectivity index (χ4n) is 2.44. The van der Waals surface area contributed by atoms with Crippen LogP contribution in [0.1, 0.15) is 6.92 Å². The Morgan fingerprint density at radius 3 is 2.39 bits per heavy atom. The van der Waals surface area contributed by atoms with Crippen LogP contribution < -0.4 is 21.5 Å². The van der Waals surface area contributed by atoms with Crippen LogP contribution in [0, 0.1) is 0 Å². The van der Waals surface area contributed by atoms with Crippen LogP contribution in [0.15, 0.2) is 26.6 Å². The average Bonchev–Trinajstić information content (AvgIpc) is 2.65. The highest BCUT2D eigenvalue weighted by Gasteiger charge is 2.30. The zero-order chi connectivity index (χ0) is 21.2. The van der Waals surface area contributed by atoms with Crippen LogP contribution in [0.2, 0.25) is 5.02 Å². The number of nitrogens with one attached hydrogen (secondary N) is 2. The van der Waals surface area contributed by atoms with Gasteiger partial charge in [0.2, 0.25) is 0 Å². The van der Waals surface area contributed by atoms with Gasteiger partial charge in [-0.25, -0.2) is 8.42 Å². The Morgan fingerprint density at radius 1 is 1.21 bits per heavy atom. The number of hydrogen-bond acceptors (Lipinski definition) is 9. The third-order valence-corrected chi connectivity index (χ3v) is 6.10. The molecule has 0 radical (unpaired) electrons. The first-order valence-corrected chi connectivity index (χ1v) is 9.78. The van der Waals surface area contributed by atoms with Crippen molar-refractivity contribution >= 4 is 38.7 Å². The van der Waals surface area contributed by atoms with Gasteiger partial charge in [0.05, 0.1) is 24.4 Å². The third kappa shape index (κ3) is 3.98. The summed E-state index contributed by atoms with van der Waals surface area (Å²) in [7, 11) is -0.524. The maximum Gasteiger partial charge on any atom is 0.269 e. The lowest BCUT2D eigenvalue weighted by Gasteiger charge is -2.21. The molecule has 1 atom stereocenters. The maximum atomic E-state index is 12.5. The van der Waals surface area contributed by atoms with Crippen molar-refractivity contribution in [3.05, 3.63) is 37.6 Å². The highest BCUT2D eigenvalue weighted by Crippen LogP contribution is 2.39. The van der Waals surface area contributed by atoms with Gasteiger partial charge in [0, 0.05) is 20.2 Å². The SMILES string of the molecule is COCC(C)Nc1c(Nc2ccc(Cl)c(S(=O)(=O)N(C)OC)c2O)c(=O)c1=O. The van der Waals surface area contributed by atoms with Gasteiger partial charge in [0.15, 0.2) is 5.75 Å². The Bertz CT molecular complexity index is 1050. The molecule has 0 aliphatic rings. The molecule has 0 saturated carbocycles. The summed E-state index contributed by atoms with van der Waals surface area (Å²) in [4.78, 5) is 27.8. The lowest BCUT2D eigenvalue weighted by molar-refractivity contribution is -0.0259. The van der Waals surface area contributed by atoms with Gasteiger partial charge in [-0.15, -0.1) is 0 Å². The summed E-state index contributed by atoms with van der Waals surface area (Å²) >= 11 is 5.95. The first-order chi connectivity index (χ1) is 13.1. The Labute approximate surface area is 166 Å². The first kappa shape index (κ1) is 22.1. The summed E-state index contributed by atoms with van der Waals surface area (Å²) in [6.07, 6.45) is 0. The number of benzene rings is 1. The maximum absolute atomic E-state index is 12.5. The number of methoxy groups -OCH3 is 1. The molecule has 12 heteroatoms. The molecule has 0 amide bonds. The van der Waals surface area contributed by atoms with Crippen LogP contribution in [0.4, 0.5) is 17.1 Å². The van der Waals surface area contributed by atoms with Crippen molar-refractivity contribution in [2.75, 3.05) is 38.5 Å². The van der Waals surface area contributed by atoms with Gasteiger partial charge in [0.25, 0.3) is 20.9 Å². The van der Waals surface area contributed by atoms with E-state index in [-0.39, 0.29) is 34.7 Å². The monoisotopic (exact) mass is 433 g/mol. The molecule has 0 aliphatic heterocycles. The largest absolute Gasteiger partial charge is 0.504 e. The molecule has 0 aliphatic carbocycles. The normalized spacial score (nSPS) is 13.1. The minimum Gasteiger partial charge on any atom is -0.504 e. The molecule has 0 fully saturated rings. The van der Waals surface area contributed by atoms with Crippen LogP contribution in [-0.2, 0) is 19.6 Å². The van der Waals surface area contributed by atoms with E-state index in [2.05, 4.69) is 15.5 Å². The van der Waals surface area contributed by atoms with E-state index in [0.717, 1.165) is 14.2 Å². The van der Waals surface area contributed by atoms with E-state index in [9.17, 15) is 23.1 Å². The summed E-state index contributed by atoms with van der Waals surface area (Å²) in [5.41, 5.74) is -1.75. The van der Waals surface area contributed by atoms with E-state index in [0.29, 0.717) is 4.47 Å². The van der Waals surface area contributed by atoms with Crippen molar-refractivity contribution in [2.45, 2.75) is 17.9 Å². The molecule has 28 heavy (non-hydrogen) atoms. The van der Waals surface area contributed by atoms with Crippen LogP contribution >= 0.6 is 11.6 Å². The molecule has 3 N–H and O–H groups in total. The van der Waals surface area contributed by atoms with Crippen LogP contribution in [-0.4, -0.2) is 51.9 Å². The Balaban J connectivity index is 2.45. The molecule has 0 spiro atoms. The minimum absolute atomic E-state index is 0.0160. The smallest absolute Gasteiger partial charge is 0.269 e. The highest BCUT2D eigenvalue weighted by molar-refractivity contribution is 7.89. The number of hydrogen-bond donors (Lipinski definition) is 3. The van der Waals surface area contributed by atoms with Gasteiger partial charge in [-0.05, 0) is 19.1 Å². The van der Waals surface area contributed by atoms with Crippen LogP contribution in [0.3, 0.4) is 0 Å². The van der Waals surface area contributed by atoms with Crippen LogP contribution in [0.25, 0.3) is 0 Å². The number of sulfonamides is 1. The summed E-state index contributed by atoms with van der Waals surface area (Å²) < 4.78 is 30.5. The lowest BCUT2D eigenvalue weighted by Crippen LogP contribution is -2.39. The molecule has 2 aromatic carbocycles. The number of phenolic OH excluding ortho intramolecular Hbond substituents is 1. The molecule has 0 aromatic heterocycles. The minimum atomic E-state index is -4.27. The van der Waals surface area contributed by atoms with Gasteiger partial charge in [-0.1, -0.05) is 16.1 Å². The molecule has 0 heterocycles. The summed E-state index contributed by atoms with van der Waals surface area (Å²) in [6, 6.07) is 2.24. The van der Waals surface area contributed by atoms with E-state index in [4.69, 9.17) is 16.3 Å². The number of rotatable bonds is 9. The molecule has 10 nitrogen and oxygen atoms in total. The number of ether oxygens (including phenoxy) is 1. The second kappa shape index (κ2) is 8.45. The molecule has 0 saturated heterocycles. The van der Waals surface area contributed by atoms with Crippen LogP contribution in [0.5, 0.6) is 5.75 Å². The molecule has 1 unspecified atom stereocenters. The van der Waals surface area contributed by atoms with E-state index in [1.807, 2.05) is 0 Å². The summed E-state index contributed by atoms with van der Waals surface area (Å²) in [5, 5.41) is 15.6. The van der Waals surface area contributed by atoms with E-state index >= 15 is 0 Å². The van der Waals surface area contributed by atoms with Crippen molar-refractivity contribution < 1.29 is 23.1 Å². The number of hydroxylamine groups is 1. The molecular weight excluding hydrogens is 414 g/mol. The zero-order valence-electron chi connectivity index (χ0n) is 15.6. The third-order valence-electron chi connectivity index (χ3n) is 3.91. The van der Waals surface area contributed by atoms with Gasteiger partial charge >= 0.3 is 0 Å². The predicted molar refractivity (Wildman–Crippen MR) is 105 cm³/mol. The molecule has 2 aromatic rings. The van der Waals surface area contributed by atoms with Gasteiger partial charge < -0.3 is 20.5 Å². The Hall–Kier alpha value is -2.18. The predicted octanol–water partition coefficient (Wildman–Crippen LogP) is 1.01. The standard InChI is InChI=1S/C16H20ClN3O7S/c1-8(7-26-3)18-11-12(15(23)14(11)22)19-10-6-5-9(17)16(13(10)21)28(24,25)20(2)27-4/h5-6,8,18-19,21H,7H2,1-4H3. The number of halogens is 1. The number of anilines is 3. The molecule has 2 rings (SSSR count). The van der Waals surface area contributed by atoms with Crippen molar-refractivity contribution in [1.29, 1.82) is 0 Å². The topological polar surface area (TPSA) is 134 Å². The fraction of sp³-hybridized carbons (Fsp3) is 0.375. The van der Waals surface area contributed by atoms with Crippen molar-refractivity contribution in [3.8, 4) is 5.75 Å². The second-order valence-corrected chi connectivity index (χ2v) is 8.18. The Kier molecular flexibility index (Phi) is 6.67. The van der Waals surface area contributed by atoms with Crippen molar-refractivity contribution in [2.24, 2.45) is 0 Å². The Morgan fingerprint density at radius 2 is 1.82 bits per heavy atom. The number of phenols is 1. The molecular formula is C16H20ClN3O7S. The van der Waals surface area contributed by atoms with Crippen molar-refractivity contribution in [1.82, 2.24) is 4.47 Å². The van der Waals surface area contributed by atoms with E-state index < -0.39 is 31.5 Å². The fourth-order valence-corrected chi connectivity index (χ4v) is 4.01. The summed E-state index contributed by atoms with van der Waals surface area (Å²) in [6.45, 7) is 2.03. The zero-order valence-corrected chi connectivity index (χ0v) is 17.1. The average molecular weight is 434 g/mol. The lowest BCUT2D eigenvalue weighted by atomic mass is 10.1. The number of nitrogens with zero attached hydrogens (tertiary/aromatic N) is 1. The van der Waals surface area contributed by atoms with Gasteiger partial charge in [-0.3, -0.25) is 14.4 Å². The van der Waals surface area contributed by atoms with E-state index in [1.165, 1.54) is 19.2 Å². The quantitative estimate of drug-likeness (QED) is 0.301. The first-order valence-electron chi connectivity index (χ1n) is 7.96. The van der Waals surface area contributed by atoms with E-state index in [1.54, 1.807) is 6.92 Å². The van der Waals surface area contributed by atoms with Gasteiger partial charge in [-0.2, -0.15) is 0 Å². The molecule has 154 valence electrons. The molecule has 0 bridgehead atoms. The van der Waals surface area contributed by atoms with Gasteiger partial charge in [0.1, 0.15) is 16.3 Å².